The van der Waals surface area contributed by atoms with Crippen molar-refractivity contribution >= 4 is 17.5 Å². The summed E-state index contributed by atoms with van der Waals surface area (Å²) in [5.41, 5.74) is -0.0505. The van der Waals surface area contributed by atoms with Gasteiger partial charge in [0, 0.05) is 24.3 Å². The molecule has 0 aliphatic carbocycles. The predicted molar refractivity (Wildman–Crippen MR) is 65.9 cm³/mol. The molecule has 19 heavy (non-hydrogen) atoms. The van der Waals surface area contributed by atoms with Crippen LogP contribution < -0.4 is 4.90 Å². The molecule has 0 amide bonds. The topological polar surface area (TPSA) is 96.6 Å². The molecular weight excluding hydrogens is 250 g/mol. The number of pyridine rings is 1. The molecular formula is C12H13N3O4. The third-order valence-electron chi connectivity index (χ3n) is 4.06. The maximum atomic E-state index is 11.2. The van der Waals surface area contributed by atoms with Gasteiger partial charge in [-0.2, -0.15) is 0 Å². The van der Waals surface area contributed by atoms with Crippen molar-refractivity contribution in [2.45, 2.75) is 31.3 Å². The summed E-state index contributed by atoms with van der Waals surface area (Å²) in [5.74, 6) is -0.958. The summed E-state index contributed by atoms with van der Waals surface area (Å²) in [5, 5.41) is 20.2. The minimum atomic E-state index is -0.823. The van der Waals surface area contributed by atoms with E-state index in [1.807, 2.05) is 4.90 Å². The summed E-state index contributed by atoms with van der Waals surface area (Å²) in [6.07, 6.45) is 3.70. The van der Waals surface area contributed by atoms with Crippen LogP contribution in [0, 0.1) is 16.0 Å². The molecule has 0 aromatic carbocycles. The molecule has 0 radical (unpaired) electrons. The van der Waals surface area contributed by atoms with Crippen LogP contribution in [0.2, 0.25) is 0 Å². The first kappa shape index (κ1) is 11.9. The van der Waals surface area contributed by atoms with E-state index in [9.17, 15) is 20.0 Å². The summed E-state index contributed by atoms with van der Waals surface area (Å²) in [4.78, 5) is 27.7. The SMILES string of the molecule is O=C(O)C1CC2CCC1N2c1ncccc1[N+](=O)[O-]. The van der Waals surface area contributed by atoms with E-state index in [1.165, 1.54) is 18.3 Å². The fourth-order valence-electron chi connectivity index (χ4n) is 3.31. The number of carbonyl (C=O) groups is 1. The number of carboxylic acid groups (broad SMARTS) is 1. The Morgan fingerprint density at radius 3 is 2.95 bits per heavy atom. The van der Waals surface area contributed by atoms with Gasteiger partial charge in [-0.05, 0) is 25.3 Å². The van der Waals surface area contributed by atoms with Crippen molar-refractivity contribution in [3.05, 3.63) is 28.4 Å². The fraction of sp³-hybridized carbons (Fsp3) is 0.500. The fourth-order valence-corrected chi connectivity index (χ4v) is 3.31. The molecule has 7 heteroatoms. The van der Waals surface area contributed by atoms with E-state index in [0.717, 1.165) is 12.8 Å². The Labute approximate surface area is 109 Å². The number of carboxylic acids is 1. The first-order chi connectivity index (χ1) is 9.09. The summed E-state index contributed by atoms with van der Waals surface area (Å²) < 4.78 is 0. The molecule has 100 valence electrons. The smallest absolute Gasteiger partial charge is 0.311 e. The van der Waals surface area contributed by atoms with Gasteiger partial charge in [0.05, 0.1) is 10.8 Å². The highest BCUT2D eigenvalue weighted by atomic mass is 16.6. The van der Waals surface area contributed by atoms with Gasteiger partial charge in [0.1, 0.15) is 0 Å². The van der Waals surface area contributed by atoms with E-state index in [-0.39, 0.29) is 17.8 Å². The number of nitrogens with zero attached hydrogens (tertiary/aromatic N) is 3. The van der Waals surface area contributed by atoms with Crippen LogP contribution in [0.4, 0.5) is 11.5 Å². The number of anilines is 1. The van der Waals surface area contributed by atoms with Crippen LogP contribution in [-0.2, 0) is 4.79 Å². The molecule has 1 aromatic heterocycles. The van der Waals surface area contributed by atoms with Crippen LogP contribution in [0.5, 0.6) is 0 Å². The molecule has 3 unspecified atom stereocenters. The molecule has 2 fully saturated rings. The van der Waals surface area contributed by atoms with Gasteiger partial charge < -0.3 is 10.0 Å². The lowest BCUT2D eigenvalue weighted by molar-refractivity contribution is -0.384. The number of fused-ring (bicyclic) bond motifs is 2. The van der Waals surface area contributed by atoms with E-state index in [1.54, 1.807) is 0 Å². The molecule has 2 aliphatic heterocycles. The van der Waals surface area contributed by atoms with Gasteiger partial charge in [-0.1, -0.05) is 0 Å². The van der Waals surface area contributed by atoms with Crippen LogP contribution in [0.15, 0.2) is 18.3 Å². The molecule has 0 saturated carbocycles. The molecule has 1 aromatic rings. The second-order valence-corrected chi connectivity index (χ2v) is 4.99. The standard InChI is InChI=1S/C12H13N3O4/c16-12(17)8-6-7-3-4-9(8)14(7)11-10(15(18)19)2-1-5-13-11/h1-2,5,7-9H,3-4,6H2,(H,16,17). The highest BCUT2D eigenvalue weighted by Gasteiger charge is 2.51. The van der Waals surface area contributed by atoms with Gasteiger partial charge in [-0.3, -0.25) is 14.9 Å². The first-order valence-corrected chi connectivity index (χ1v) is 6.20. The lowest BCUT2D eigenvalue weighted by Gasteiger charge is -2.23. The molecule has 2 bridgehead atoms. The third-order valence-corrected chi connectivity index (χ3v) is 4.06. The van der Waals surface area contributed by atoms with E-state index in [4.69, 9.17) is 0 Å². The summed E-state index contributed by atoms with van der Waals surface area (Å²) in [7, 11) is 0. The number of hydrogen-bond acceptors (Lipinski definition) is 5. The Morgan fingerprint density at radius 1 is 1.53 bits per heavy atom. The summed E-state index contributed by atoms with van der Waals surface area (Å²) in [6.45, 7) is 0. The Kier molecular flexibility index (Phi) is 2.62. The second kappa shape index (κ2) is 4.18. The average molecular weight is 263 g/mol. The minimum Gasteiger partial charge on any atom is -0.481 e. The second-order valence-electron chi connectivity index (χ2n) is 4.99. The summed E-state index contributed by atoms with van der Waals surface area (Å²) in [6, 6.07) is 2.82. The molecule has 0 spiro atoms. The predicted octanol–water partition coefficient (Wildman–Crippen LogP) is 1.43. The zero-order valence-electron chi connectivity index (χ0n) is 10.1. The highest BCUT2D eigenvalue weighted by Crippen LogP contribution is 2.46. The molecule has 2 saturated heterocycles. The van der Waals surface area contributed by atoms with Gasteiger partial charge in [0.25, 0.3) is 0 Å². The van der Waals surface area contributed by atoms with Crippen LogP contribution in [-0.4, -0.2) is 33.1 Å². The quantitative estimate of drug-likeness (QED) is 0.654. The van der Waals surface area contributed by atoms with Crippen molar-refractivity contribution in [3.8, 4) is 0 Å². The van der Waals surface area contributed by atoms with E-state index in [2.05, 4.69) is 4.98 Å². The zero-order chi connectivity index (χ0) is 13.6. The van der Waals surface area contributed by atoms with E-state index >= 15 is 0 Å². The number of nitro groups is 1. The van der Waals surface area contributed by atoms with Crippen molar-refractivity contribution < 1.29 is 14.8 Å². The van der Waals surface area contributed by atoms with Crippen molar-refractivity contribution in [3.63, 3.8) is 0 Å². The monoisotopic (exact) mass is 263 g/mol. The molecule has 3 heterocycles. The van der Waals surface area contributed by atoms with Crippen LogP contribution >= 0.6 is 0 Å². The Balaban J connectivity index is 2.00. The zero-order valence-corrected chi connectivity index (χ0v) is 10.1. The minimum absolute atomic E-state index is 0.0505. The number of hydrogen-bond donors (Lipinski definition) is 1. The molecule has 1 N–H and O–H groups in total. The highest BCUT2D eigenvalue weighted by molar-refractivity contribution is 5.74. The van der Waals surface area contributed by atoms with E-state index < -0.39 is 16.8 Å². The Morgan fingerprint density at radius 2 is 2.32 bits per heavy atom. The van der Waals surface area contributed by atoms with Gasteiger partial charge in [-0.15, -0.1) is 0 Å². The van der Waals surface area contributed by atoms with Gasteiger partial charge in [-0.25, -0.2) is 4.98 Å². The molecule has 3 atom stereocenters. The van der Waals surface area contributed by atoms with Gasteiger partial charge in [0.15, 0.2) is 0 Å². The number of aromatic nitrogens is 1. The van der Waals surface area contributed by atoms with Gasteiger partial charge >= 0.3 is 11.7 Å². The maximum Gasteiger partial charge on any atom is 0.311 e. The lowest BCUT2D eigenvalue weighted by atomic mass is 9.89. The van der Waals surface area contributed by atoms with Crippen molar-refractivity contribution in [1.82, 2.24) is 4.98 Å². The third kappa shape index (κ3) is 1.73. The van der Waals surface area contributed by atoms with Crippen LogP contribution in [0.25, 0.3) is 0 Å². The van der Waals surface area contributed by atoms with Crippen molar-refractivity contribution in [2.75, 3.05) is 4.90 Å². The number of aliphatic carboxylic acids is 1. The maximum absolute atomic E-state index is 11.2. The van der Waals surface area contributed by atoms with Gasteiger partial charge in [0.2, 0.25) is 5.82 Å². The molecule has 2 aliphatic rings. The van der Waals surface area contributed by atoms with E-state index in [0.29, 0.717) is 12.2 Å². The average Bonchev–Trinajstić information content (AvgIpc) is 2.95. The lowest BCUT2D eigenvalue weighted by Crippen LogP contribution is -2.33. The number of rotatable bonds is 3. The summed E-state index contributed by atoms with van der Waals surface area (Å²) >= 11 is 0. The van der Waals surface area contributed by atoms with Crippen LogP contribution in [0.3, 0.4) is 0 Å². The van der Waals surface area contributed by atoms with Crippen LogP contribution in [0.1, 0.15) is 19.3 Å². The van der Waals surface area contributed by atoms with Crippen molar-refractivity contribution in [2.24, 2.45) is 5.92 Å². The normalized spacial score (nSPS) is 28.6. The molecule has 7 nitrogen and oxygen atoms in total. The van der Waals surface area contributed by atoms with Crippen molar-refractivity contribution in [1.29, 1.82) is 0 Å². The largest absolute Gasteiger partial charge is 0.481 e. The Hall–Kier alpha value is -2.18. The molecule has 3 rings (SSSR count). The Bertz CT molecular complexity index is 548. The first-order valence-electron chi connectivity index (χ1n) is 6.20.